The van der Waals surface area contributed by atoms with E-state index in [9.17, 15) is 14.4 Å². The second kappa shape index (κ2) is 7.09. The number of nitrogens with two attached hydrogens (primary N) is 1. The van der Waals surface area contributed by atoms with Gasteiger partial charge in [0, 0.05) is 20.0 Å². The van der Waals surface area contributed by atoms with Crippen molar-refractivity contribution in [2.45, 2.75) is 37.8 Å². The van der Waals surface area contributed by atoms with Crippen molar-refractivity contribution in [3.63, 3.8) is 0 Å². The number of aliphatic hydroxyl groups excluding tert-OH is 1. The summed E-state index contributed by atoms with van der Waals surface area (Å²) in [5, 5.41) is 20.5. The maximum absolute atomic E-state index is 11.8. The third-order valence-electron chi connectivity index (χ3n) is 3.36. The first-order valence-electron chi connectivity index (χ1n) is 6.50. The molecule has 114 valence electrons. The number of carboxylic acids is 1. The number of carboxylic acid groups (broad SMARTS) is 1. The van der Waals surface area contributed by atoms with Crippen LogP contribution in [0.4, 0.5) is 4.79 Å². The molecule has 5 N–H and O–H groups in total. The lowest BCUT2D eigenvalue weighted by molar-refractivity contribution is -0.139. The molecule has 0 unspecified atom stereocenters. The van der Waals surface area contributed by atoms with Crippen molar-refractivity contribution in [1.29, 1.82) is 0 Å². The molecule has 0 aromatic heterocycles. The molecule has 0 aliphatic heterocycles. The van der Waals surface area contributed by atoms with E-state index in [1.54, 1.807) is 7.05 Å². The highest BCUT2D eigenvalue weighted by atomic mass is 16.4. The van der Waals surface area contributed by atoms with Crippen LogP contribution in [-0.4, -0.2) is 58.8 Å². The topological polar surface area (TPSA) is 133 Å². The van der Waals surface area contributed by atoms with E-state index in [2.05, 4.69) is 5.32 Å². The van der Waals surface area contributed by atoms with Crippen molar-refractivity contribution in [2.75, 3.05) is 13.6 Å². The van der Waals surface area contributed by atoms with Crippen LogP contribution in [-0.2, 0) is 9.59 Å². The number of amides is 3. The third-order valence-corrected chi connectivity index (χ3v) is 3.36. The lowest BCUT2D eigenvalue weighted by Crippen LogP contribution is -2.49. The molecular formula is C12H21N3O5. The second-order valence-corrected chi connectivity index (χ2v) is 5.22. The quantitative estimate of drug-likeness (QED) is 0.482. The Morgan fingerprint density at radius 3 is 2.45 bits per heavy atom. The summed E-state index contributed by atoms with van der Waals surface area (Å²) in [4.78, 5) is 34.9. The van der Waals surface area contributed by atoms with Crippen molar-refractivity contribution in [2.24, 2.45) is 11.7 Å². The van der Waals surface area contributed by atoms with Crippen LogP contribution in [0.2, 0.25) is 0 Å². The number of carbonyl (C=O) groups is 3. The zero-order chi connectivity index (χ0) is 15.3. The third kappa shape index (κ3) is 5.04. The van der Waals surface area contributed by atoms with Gasteiger partial charge in [-0.15, -0.1) is 0 Å². The summed E-state index contributed by atoms with van der Waals surface area (Å²) < 4.78 is 0. The summed E-state index contributed by atoms with van der Waals surface area (Å²) >= 11 is 0. The molecule has 1 atom stereocenters. The normalized spacial score (nSPS) is 22.5. The molecule has 0 heterocycles. The van der Waals surface area contributed by atoms with Crippen molar-refractivity contribution in [3.05, 3.63) is 0 Å². The van der Waals surface area contributed by atoms with Crippen LogP contribution in [0, 0.1) is 5.92 Å². The fraction of sp³-hybridized carbons (Fsp3) is 0.750. The summed E-state index contributed by atoms with van der Waals surface area (Å²) in [5.74, 6) is -1.57. The minimum Gasteiger partial charge on any atom is -0.480 e. The van der Waals surface area contributed by atoms with E-state index in [0.29, 0.717) is 19.4 Å². The second-order valence-electron chi connectivity index (χ2n) is 5.22. The predicted molar refractivity (Wildman–Crippen MR) is 69.7 cm³/mol. The van der Waals surface area contributed by atoms with Crippen LogP contribution in [0.1, 0.15) is 25.7 Å². The molecule has 0 aromatic carbocycles. The van der Waals surface area contributed by atoms with Gasteiger partial charge < -0.3 is 26.2 Å². The van der Waals surface area contributed by atoms with Crippen LogP contribution in [0.3, 0.4) is 0 Å². The smallest absolute Gasteiger partial charge is 0.326 e. The van der Waals surface area contributed by atoms with E-state index < -0.39 is 23.9 Å². The molecule has 0 radical (unpaired) electrons. The monoisotopic (exact) mass is 287 g/mol. The van der Waals surface area contributed by atoms with Gasteiger partial charge in [0.25, 0.3) is 0 Å². The Morgan fingerprint density at radius 1 is 1.40 bits per heavy atom. The Hall–Kier alpha value is -1.83. The Labute approximate surface area is 116 Å². The fourth-order valence-corrected chi connectivity index (χ4v) is 2.12. The van der Waals surface area contributed by atoms with Crippen LogP contribution in [0.5, 0.6) is 0 Å². The van der Waals surface area contributed by atoms with Gasteiger partial charge in [0.2, 0.25) is 5.91 Å². The maximum Gasteiger partial charge on any atom is 0.326 e. The van der Waals surface area contributed by atoms with Crippen molar-refractivity contribution < 1.29 is 24.6 Å². The summed E-state index contributed by atoms with van der Waals surface area (Å²) in [6.45, 7) is 0.463. The first-order valence-corrected chi connectivity index (χ1v) is 6.50. The van der Waals surface area contributed by atoms with E-state index in [0.717, 1.165) is 0 Å². The van der Waals surface area contributed by atoms with Crippen molar-refractivity contribution in [1.82, 2.24) is 10.2 Å². The van der Waals surface area contributed by atoms with Crippen LogP contribution in [0.15, 0.2) is 0 Å². The maximum atomic E-state index is 11.8. The standard InChI is InChI=1S/C12H21N3O5/c1-15(6-7-4-8(16)5-7)12(20)14-9(11(18)19)2-3-10(13)17/h7-9,16H,2-6H2,1H3,(H2,13,17)(H,14,20)(H,18,19)/t7?,8?,9-/m0/s1. The van der Waals surface area contributed by atoms with Gasteiger partial charge in [-0.1, -0.05) is 0 Å². The average molecular weight is 287 g/mol. The lowest BCUT2D eigenvalue weighted by atomic mass is 9.82. The number of hydrogen-bond acceptors (Lipinski definition) is 4. The molecule has 3 amide bonds. The van der Waals surface area contributed by atoms with Crippen molar-refractivity contribution >= 4 is 17.9 Å². The molecule has 0 aromatic rings. The van der Waals surface area contributed by atoms with Gasteiger partial charge in [0.1, 0.15) is 6.04 Å². The zero-order valence-corrected chi connectivity index (χ0v) is 11.4. The van der Waals surface area contributed by atoms with Crippen LogP contribution < -0.4 is 11.1 Å². The van der Waals surface area contributed by atoms with E-state index in [4.69, 9.17) is 15.9 Å². The number of aliphatic hydroxyl groups is 1. The van der Waals surface area contributed by atoms with Crippen LogP contribution >= 0.6 is 0 Å². The first-order chi connectivity index (χ1) is 9.29. The number of hydrogen-bond donors (Lipinski definition) is 4. The number of carbonyl (C=O) groups excluding carboxylic acids is 2. The molecule has 1 saturated carbocycles. The molecule has 1 rings (SSSR count). The fourth-order valence-electron chi connectivity index (χ4n) is 2.12. The van der Waals surface area contributed by atoms with Crippen LogP contribution in [0.25, 0.3) is 0 Å². The molecule has 1 aliphatic carbocycles. The highest BCUT2D eigenvalue weighted by Crippen LogP contribution is 2.27. The Bertz CT molecular complexity index is 381. The van der Waals surface area contributed by atoms with E-state index >= 15 is 0 Å². The zero-order valence-electron chi connectivity index (χ0n) is 11.4. The van der Waals surface area contributed by atoms with E-state index in [1.807, 2.05) is 0 Å². The lowest BCUT2D eigenvalue weighted by Gasteiger charge is -2.34. The van der Waals surface area contributed by atoms with E-state index in [1.165, 1.54) is 4.90 Å². The van der Waals surface area contributed by atoms with Gasteiger partial charge in [-0.3, -0.25) is 4.79 Å². The molecule has 0 bridgehead atoms. The molecular weight excluding hydrogens is 266 g/mol. The molecule has 8 nitrogen and oxygen atoms in total. The molecule has 1 fully saturated rings. The average Bonchev–Trinajstić information content (AvgIpc) is 2.31. The number of urea groups is 1. The number of aliphatic carboxylic acids is 1. The summed E-state index contributed by atoms with van der Waals surface area (Å²) in [7, 11) is 1.56. The largest absolute Gasteiger partial charge is 0.480 e. The number of nitrogens with zero attached hydrogens (tertiary/aromatic N) is 1. The molecule has 0 spiro atoms. The minimum atomic E-state index is -1.20. The molecule has 8 heteroatoms. The van der Waals surface area contributed by atoms with Gasteiger partial charge in [-0.25, -0.2) is 9.59 Å². The van der Waals surface area contributed by atoms with Gasteiger partial charge in [0.05, 0.1) is 6.10 Å². The Morgan fingerprint density at radius 2 is 2.00 bits per heavy atom. The summed E-state index contributed by atoms with van der Waals surface area (Å²) in [6.07, 6.45) is 0.879. The summed E-state index contributed by atoms with van der Waals surface area (Å²) in [5.41, 5.74) is 4.96. The predicted octanol–water partition coefficient (Wildman–Crippen LogP) is -0.883. The van der Waals surface area contributed by atoms with Crippen molar-refractivity contribution in [3.8, 4) is 0 Å². The number of rotatable bonds is 7. The number of primary amides is 1. The molecule has 0 saturated heterocycles. The van der Waals surface area contributed by atoms with Gasteiger partial charge in [-0.05, 0) is 25.2 Å². The molecule has 20 heavy (non-hydrogen) atoms. The highest BCUT2D eigenvalue weighted by Gasteiger charge is 2.30. The van der Waals surface area contributed by atoms with Gasteiger partial charge >= 0.3 is 12.0 Å². The van der Waals surface area contributed by atoms with Gasteiger partial charge in [-0.2, -0.15) is 0 Å². The number of nitrogens with one attached hydrogen (secondary N) is 1. The minimum absolute atomic E-state index is 0.0353. The highest BCUT2D eigenvalue weighted by molar-refractivity contribution is 5.83. The Balaban J connectivity index is 2.39. The van der Waals surface area contributed by atoms with Gasteiger partial charge in [0.15, 0.2) is 0 Å². The SMILES string of the molecule is CN(CC1CC(O)C1)C(=O)N[C@@H](CCC(N)=O)C(=O)O. The van der Waals surface area contributed by atoms with E-state index in [-0.39, 0.29) is 24.9 Å². The Kier molecular flexibility index (Phi) is 5.75. The molecule has 1 aliphatic rings. The first kappa shape index (κ1) is 16.2. The summed E-state index contributed by atoms with van der Waals surface area (Å²) in [6, 6.07) is -1.65.